The summed E-state index contributed by atoms with van der Waals surface area (Å²) in [6.07, 6.45) is 6.59. The van der Waals surface area contributed by atoms with Crippen LogP contribution in [0.15, 0.2) is 0 Å². The van der Waals surface area contributed by atoms with Crippen molar-refractivity contribution in [3.63, 3.8) is 0 Å². The summed E-state index contributed by atoms with van der Waals surface area (Å²) < 4.78 is 4.74. The van der Waals surface area contributed by atoms with Crippen LogP contribution in [0.3, 0.4) is 0 Å². The number of carbonyl (C=O) groups is 2. The first-order valence-electron chi connectivity index (χ1n) is 6.41. The van der Waals surface area contributed by atoms with Crippen LogP contribution in [0.2, 0.25) is 0 Å². The highest BCUT2D eigenvalue weighted by atomic mass is 16.5. The molecule has 1 N–H and O–H groups in total. The largest absolute Gasteiger partial charge is 0.481 e. The fourth-order valence-corrected chi connectivity index (χ4v) is 1.86. The van der Waals surface area contributed by atoms with Gasteiger partial charge in [0.05, 0.1) is 13.0 Å². The predicted molar refractivity (Wildman–Crippen MR) is 65.8 cm³/mol. The molecule has 100 valence electrons. The Bertz CT molecular complexity index is 225. The van der Waals surface area contributed by atoms with Gasteiger partial charge in [0.1, 0.15) is 0 Å². The van der Waals surface area contributed by atoms with Gasteiger partial charge in [0.25, 0.3) is 0 Å². The number of methoxy groups -OCH3 is 1. The van der Waals surface area contributed by atoms with Crippen molar-refractivity contribution >= 4 is 11.9 Å². The number of hydrogen-bond donors (Lipinski definition) is 1. The quantitative estimate of drug-likeness (QED) is 0.474. The summed E-state index contributed by atoms with van der Waals surface area (Å²) in [7, 11) is 1.39. The van der Waals surface area contributed by atoms with E-state index in [0.29, 0.717) is 12.8 Å². The molecule has 0 aliphatic heterocycles. The van der Waals surface area contributed by atoms with E-state index in [1.165, 1.54) is 20.0 Å². The monoisotopic (exact) mass is 244 g/mol. The second-order valence-electron chi connectivity index (χ2n) is 4.36. The van der Waals surface area contributed by atoms with E-state index < -0.39 is 5.97 Å². The van der Waals surface area contributed by atoms with Gasteiger partial charge >= 0.3 is 11.9 Å². The van der Waals surface area contributed by atoms with Crippen LogP contribution in [0.1, 0.15) is 58.3 Å². The number of aliphatic carboxylic acids is 1. The molecule has 0 aliphatic carbocycles. The SMILES string of the molecule is CCCCCCC(CCCC(=O)O)C(=O)OC. The van der Waals surface area contributed by atoms with Gasteiger partial charge in [0.2, 0.25) is 0 Å². The number of carbonyl (C=O) groups excluding carboxylic acids is 1. The molecule has 0 aliphatic rings. The van der Waals surface area contributed by atoms with Crippen LogP contribution in [0.4, 0.5) is 0 Å². The van der Waals surface area contributed by atoms with Crippen LogP contribution in [0, 0.1) is 5.92 Å². The molecule has 0 radical (unpaired) electrons. The highest BCUT2D eigenvalue weighted by Crippen LogP contribution is 2.18. The van der Waals surface area contributed by atoms with Gasteiger partial charge in [-0.15, -0.1) is 0 Å². The standard InChI is InChI=1S/C13H24O4/c1-3-4-5-6-8-11(13(16)17-2)9-7-10-12(14)15/h11H,3-10H2,1-2H3,(H,14,15). The number of ether oxygens (including phenoxy) is 1. The van der Waals surface area contributed by atoms with Crippen LogP contribution >= 0.6 is 0 Å². The number of esters is 1. The number of rotatable bonds is 10. The fraction of sp³-hybridized carbons (Fsp3) is 0.846. The van der Waals surface area contributed by atoms with Gasteiger partial charge in [-0.3, -0.25) is 9.59 Å². The minimum Gasteiger partial charge on any atom is -0.481 e. The molecule has 0 bridgehead atoms. The summed E-state index contributed by atoms with van der Waals surface area (Å²) in [5.41, 5.74) is 0. The second-order valence-corrected chi connectivity index (χ2v) is 4.36. The van der Waals surface area contributed by atoms with E-state index in [1.54, 1.807) is 0 Å². The summed E-state index contributed by atoms with van der Waals surface area (Å²) >= 11 is 0. The average Bonchev–Trinajstić information content (AvgIpc) is 2.31. The Balaban J connectivity index is 3.88. The van der Waals surface area contributed by atoms with Crippen molar-refractivity contribution in [2.24, 2.45) is 5.92 Å². The molecule has 0 aromatic carbocycles. The van der Waals surface area contributed by atoms with E-state index >= 15 is 0 Å². The number of carboxylic acid groups (broad SMARTS) is 1. The van der Waals surface area contributed by atoms with Crippen molar-refractivity contribution < 1.29 is 19.4 Å². The lowest BCUT2D eigenvalue weighted by atomic mass is 9.95. The highest BCUT2D eigenvalue weighted by Gasteiger charge is 2.18. The van der Waals surface area contributed by atoms with Crippen LogP contribution < -0.4 is 0 Å². The zero-order valence-corrected chi connectivity index (χ0v) is 10.9. The fourth-order valence-electron chi connectivity index (χ4n) is 1.86. The van der Waals surface area contributed by atoms with Crippen LogP contribution in [0.25, 0.3) is 0 Å². The first-order valence-corrected chi connectivity index (χ1v) is 6.41. The third-order valence-electron chi connectivity index (χ3n) is 2.88. The van der Waals surface area contributed by atoms with Crippen LogP contribution in [-0.4, -0.2) is 24.2 Å². The van der Waals surface area contributed by atoms with E-state index in [0.717, 1.165) is 19.3 Å². The molecule has 0 spiro atoms. The van der Waals surface area contributed by atoms with Gasteiger partial charge in [-0.25, -0.2) is 0 Å². The first-order chi connectivity index (χ1) is 8.11. The van der Waals surface area contributed by atoms with Crippen molar-refractivity contribution in [1.29, 1.82) is 0 Å². The van der Waals surface area contributed by atoms with Gasteiger partial charge in [-0.2, -0.15) is 0 Å². The summed E-state index contributed by atoms with van der Waals surface area (Å²) in [6.45, 7) is 2.14. The summed E-state index contributed by atoms with van der Waals surface area (Å²) in [5.74, 6) is -1.14. The lowest BCUT2D eigenvalue weighted by Crippen LogP contribution is -2.16. The smallest absolute Gasteiger partial charge is 0.308 e. The molecule has 0 aromatic heterocycles. The van der Waals surface area contributed by atoms with Gasteiger partial charge in [0.15, 0.2) is 0 Å². The zero-order chi connectivity index (χ0) is 13.1. The minimum atomic E-state index is -0.806. The number of hydrogen-bond acceptors (Lipinski definition) is 3. The van der Waals surface area contributed by atoms with Gasteiger partial charge in [-0.1, -0.05) is 32.6 Å². The second kappa shape index (κ2) is 10.1. The number of unbranched alkanes of at least 4 members (excludes halogenated alkanes) is 3. The molecule has 1 atom stereocenters. The molecule has 4 nitrogen and oxygen atoms in total. The molecular formula is C13H24O4. The zero-order valence-electron chi connectivity index (χ0n) is 10.9. The Labute approximate surface area is 103 Å². The van der Waals surface area contributed by atoms with Crippen molar-refractivity contribution in [2.45, 2.75) is 58.3 Å². The molecule has 0 fully saturated rings. The lowest BCUT2D eigenvalue weighted by Gasteiger charge is -2.13. The first kappa shape index (κ1) is 15.9. The van der Waals surface area contributed by atoms with Crippen molar-refractivity contribution in [2.75, 3.05) is 7.11 Å². The highest BCUT2D eigenvalue weighted by molar-refractivity contribution is 5.72. The Hall–Kier alpha value is -1.06. The molecule has 17 heavy (non-hydrogen) atoms. The van der Waals surface area contributed by atoms with Gasteiger partial charge in [-0.05, 0) is 19.3 Å². The molecule has 4 heteroatoms. The Morgan fingerprint density at radius 1 is 1.12 bits per heavy atom. The van der Waals surface area contributed by atoms with E-state index in [1.807, 2.05) is 0 Å². The third-order valence-corrected chi connectivity index (χ3v) is 2.88. The molecule has 0 saturated carbocycles. The number of carboxylic acids is 1. The van der Waals surface area contributed by atoms with Crippen LogP contribution in [0.5, 0.6) is 0 Å². The van der Waals surface area contributed by atoms with Crippen molar-refractivity contribution in [3.8, 4) is 0 Å². The van der Waals surface area contributed by atoms with E-state index in [9.17, 15) is 9.59 Å². The maximum absolute atomic E-state index is 11.5. The summed E-state index contributed by atoms with van der Waals surface area (Å²) in [4.78, 5) is 21.9. The molecule has 1 unspecified atom stereocenters. The normalized spacial score (nSPS) is 12.1. The Morgan fingerprint density at radius 3 is 2.29 bits per heavy atom. The minimum absolute atomic E-state index is 0.127. The predicted octanol–water partition coefficient (Wildman–Crippen LogP) is 3.00. The van der Waals surface area contributed by atoms with E-state index in [2.05, 4.69) is 6.92 Å². The summed E-state index contributed by atoms with van der Waals surface area (Å²) in [6, 6.07) is 0. The maximum Gasteiger partial charge on any atom is 0.308 e. The molecular weight excluding hydrogens is 220 g/mol. The lowest BCUT2D eigenvalue weighted by molar-refractivity contribution is -0.146. The Morgan fingerprint density at radius 2 is 1.76 bits per heavy atom. The third kappa shape index (κ3) is 8.72. The molecule has 0 heterocycles. The maximum atomic E-state index is 11.5. The molecule has 0 aromatic rings. The Kier molecular flexibility index (Phi) is 9.49. The van der Waals surface area contributed by atoms with E-state index in [4.69, 9.17) is 9.84 Å². The van der Waals surface area contributed by atoms with Gasteiger partial charge < -0.3 is 9.84 Å². The molecule has 0 amide bonds. The molecule has 0 rings (SSSR count). The summed E-state index contributed by atoms with van der Waals surface area (Å²) in [5, 5.41) is 8.55. The van der Waals surface area contributed by atoms with Crippen LogP contribution in [-0.2, 0) is 14.3 Å². The van der Waals surface area contributed by atoms with Crippen molar-refractivity contribution in [3.05, 3.63) is 0 Å². The van der Waals surface area contributed by atoms with Crippen molar-refractivity contribution in [1.82, 2.24) is 0 Å². The van der Waals surface area contributed by atoms with Gasteiger partial charge in [0, 0.05) is 6.42 Å². The molecule has 0 saturated heterocycles. The van der Waals surface area contributed by atoms with E-state index in [-0.39, 0.29) is 18.3 Å². The topological polar surface area (TPSA) is 63.6 Å². The average molecular weight is 244 g/mol.